The summed E-state index contributed by atoms with van der Waals surface area (Å²) in [4.78, 5) is 38.5. The summed E-state index contributed by atoms with van der Waals surface area (Å²) in [6, 6.07) is 11.3. The zero-order chi connectivity index (χ0) is 22.9. The number of halogens is 1. The van der Waals surface area contributed by atoms with Crippen molar-refractivity contribution < 1.29 is 4.79 Å². The van der Waals surface area contributed by atoms with Gasteiger partial charge in [0.05, 0.1) is 0 Å². The highest BCUT2D eigenvalue weighted by Gasteiger charge is 2.19. The predicted octanol–water partition coefficient (Wildman–Crippen LogP) is 2.17. The Balaban J connectivity index is 0.00000274. The van der Waals surface area contributed by atoms with Crippen LogP contribution in [0, 0.1) is 0 Å². The average Bonchev–Trinajstić information content (AvgIpc) is 3.14. The number of benzene rings is 1. The Morgan fingerprint density at radius 2 is 2.03 bits per heavy atom. The van der Waals surface area contributed by atoms with Gasteiger partial charge in [0.15, 0.2) is 11.5 Å². The summed E-state index contributed by atoms with van der Waals surface area (Å²) in [6.07, 6.45) is 2.54. The second-order valence-electron chi connectivity index (χ2n) is 7.76. The topological polar surface area (TPSA) is 119 Å². The molecular formula is C23H25ClN8O2. The summed E-state index contributed by atoms with van der Waals surface area (Å²) < 4.78 is 3.16. The van der Waals surface area contributed by atoms with Crippen LogP contribution in [0.3, 0.4) is 0 Å². The van der Waals surface area contributed by atoms with Crippen molar-refractivity contribution in [1.82, 2.24) is 34.9 Å². The summed E-state index contributed by atoms with van der Waals surface area (Å²) in [5, 5.41) is 9.58. The molecule has 0 saturated heterocycles. The maximum atomic E-state index is 13.0. The molecule has 1 amide bonds. The molecule has 0 fully saturated rings. The summed E-state index contributed by atoms with van der Waals surface area (Å²) in [5.74, 6) is 0.489. The molecule has 0 atom stereocenters. The Morgan fingerprint density at radius 1 is 1.18 bits per heavy atom. The van der Waals surface area contributed by atoms with Crippen molar-refractivity contribution >= 4 is 41.0 Å². The average molecular weight is 481 g/mol. The minimum Gasteiger partial charge on any atom is -0.354 e. The Bertz CT molecular complexity index is 1430. The first-order chi connectivity index (χ1) is 16.1. The van der Waals surface area contributed by atoms with Crippen LogP contribution >= 0.6 is 12.4 Å². The first kappa shape index (κ1) is 23.4. The van der Waals surface area contributed by atoms with Gasteiger partial charge >= 0.3 is 0 Å². The minimum atomic E-state index is -0.308. The Labute approximate surface area is 201 Å². The molecule has 4 heterocycles. The summed E-state index contributed by atoms with van der Waals surface area (Å²) in [7, 11) is 1.55. The van der Waals surface area contributed by atoms with E-state index in [9.17, 15) is 9.59 Å². The number of pyridine rings is 1. The summed E-state index contributed by atoms with van der Waals surface area (Å²) in [5.41, 5.74) is 3.91. The SMILES string of the molecule is CCn1c(=O)c2cnc(Nc3ccc4c(c3)CNCC4)nc2n1-c1cccc(C(=O)NC)n1.Cl. The number of hydrogen-bond donors (Lipinski definition) is 3. The number of aromatic nitrogens is 5. The van der Waals surface area contributed by atoms with E-state index in [1.807, 2.05) is 13.0 Å². The second kappa shape index (κ2) is 9.62. The van der Waals surface area contributed by atoms with Gasteiger partial charge < -0.3 is 16.0 Å². The number of nitrogens with zero attached hydrogens (tertiary/aromatic N) is 5. The molecule has 176 valence electrons. The van der Waals surface area contributed by atoms with Crippen LogP contribution in [0.5, 0.6) is 0 Å². The van der Waals surface area contributed by atoms with E-state index >= 15 is 0 Å². The maximum Gasteiger partial charge on any atom is 0.278 e. The highest BCUT2D eigenvalue weighted by Crippen LogP contribution is 2.22. The molecule has 5 rings (SSSR count). The fourth-order valence-corrected chi connectivity index (χ4v) is 4.09. The van der Waals surface area contributed by atoms with E-state index in [4.69, 9.17) is 0 Å². The third-order valence-electron chi connectivity index (χ3n) is 5.74. The number of hydrogen-bond acceptors (Lipinski definition) is 7. The number of anilines is 2. The molecule has 10 nitrogen and oxygen atoms in total. The van der Waals surface area contributed by atoms with Gasteiger partial charge in [-0.2, -0.15) is 4.98 Å². The molecule has 34 heavy (non-hydrogen) atoms. The fraction of sp³-hybridized carbons (Fsp3) is 0.261. The molecular weight excluding hydrogens is 456 g/mol. The number of carbonyl (C=O) groups is 1. The van der Waals surface area contributed by atoms with E-state index in [0.29, 0.717) is 29.3 Å². The monoisotopic (exact) mass is 480 g/mol. The first-order valence-corrected chi connectivity index (χ1v) is 10.9. The molecule has 4 aromatic rings. The number of carbonyl (C=O) groups excluding carboxylic acids is 1. The van der Waals surface area contributed by atoms with Gasteiger partial charge in [0.1, 0.15) is 11.1 Å². The Morgan fingerprint density at radius 3 is 2.82 bits per heavy atom. The normalized spacial score (nSPS) is 12.6. The quantitative estimate of drug-likeness (QED) is 0.400. The lowest BCUT2D eigenvalue weighted by Gasteiger charge is -2.18. The van der Waals surface area contributed by atoms with Crippen molar-refractivity contribution in [2.24, 2.45) is 0 Å². The van der Waals surface area contributed by atoms with E-state index in [0.717, 1.165) is 25.2 Å². The Hall–Kier alpha value is -3.76. The molecule has 0 saturated carbocycles. The van der Waals surface area contributed by atoms with Crippen LogP contribution in [0.1, 0.15) is 28.5 Å². The van der Waals surface area contributed by atoms with Crippen LogP contribution in [-0.2, 0) is 19.5 Å². The van der Waals surface area contributed by atoms with E-state index in [1.54, 1.807) is 29.9 Å². The number of amides is 1. The largest absolute Gasteiger partial charge is 0.354 e. The van der Waals surface area contributed by atoms with Gasteiger partial charge in [0.25, 0.3) is 11.5 Å². The third-order valence-corrected chi connectivity index (χ3v) is 5.74. The van der Waals surface area contributed by atoms with E-state index in [-0.39, 0.29) is 29.6 Å². The van der Waals surface area contributed by atoms with Crippen LogP contribution in [0.4, 0.5) is 11.6 Å². The molecule has 0 unspecified atom stereocenters. The standard InChI is InChI=1S/C23H24N8O2.ClH/c1-3-30-22(33)17-13-26-23(27-16-8-7-14-9-10-25-12-15(14)11-16)29-20(17)31(30)19-6-4-5-18(28-19)21(32)24-2;/h4-8,11,13,25H,3,9-10,12H2,1-2H3,(H,24,32)(H,26,27,29);1H. The summed E-state index contributed by atoms with van der Waals surface area (Å²) in [6.45, 7) is 4.09. The van der Waals surface area contributed by atoms with E-state index in [2.05, 4.69) is 43.0 Å². The van der Waals surface area contributed by atoms with Crippen molar-refractivity contribution in [2.75, 3.05) is 18.9 Å². The molecule has 1 aliphatic heterocycles. The van der Waals surface area contributed by atoms with Gasteiger partial charge in [-0.1, -0.05) is 12.1 Å². The van der Waals surface area contributed by atoms with Crippen molar-refractivity contribution in [3.8, 4) is 5.82 Å². The van der Waals surface area contributed by atoms with Gasteiger partial charge in [0.2, 0.25) is 5.95 Å². The smallest absolute Gasteiger partial charge is 0.278 e. The second-order valence-corrected chi connectivity index (χ2v) is 7.76. The molecule has 0 radical (unpaired) electrons. The lowest BCUT2D eigenvalue weighted by molar-refractivity contribution is 0.0958. The zero-order valence-corrected chi connectivity index (χ0v) is 19.6. The molecule has 0 aliphatic carbocycles. The molecule has 1 aliphatic rings. The lowest BCUT2D eigenvalue weighted by Crippen LogP contribution is -2.23. The molecule has 3 aromatic heterocycles. The molecule has 3 N–H and O–H groups in total. The van der Waals surface area contributed by atoms with Crippen molar-refractivity contribution in [3.63, 3.8) is 0 Å². The number of nitrogens with one attached hydrogen (secondary N) is 3. The van der Waals surface area contributed by atoms with Crippen LogP contribution in [0.2, 0.25) is 0 Å². The molecule has 0 spiro atoms. The number of fused-ring (bicyclic) bond motifs is 2. The predicted molar refractivity (Wildman–Crippen MR) is 132 cm³/mol. The zero-order valence-electron chi connectivity index (χ0n) is 18.8. The maximum absolute atomic E-state index is 13.0. The van der Waals surface area contributed by atoms with Gasteiger partial charge in [-0.25, -0.2) is 19.3 Å². The van der Waals surface area contributed by atoms with E-state index in [1.165, 1.54) is 22.0 Å². The van der Waals surface area contributed by atoms with Crippen LogP contribution < -0.4 is 21.5 Å². The molecule has 1 aromatic carbocycles. The molecule has 11 heteroatoms. The summed E-state index contributed by atoms with van der Waals surface area (Å²) >= 11 is 0. The van der Waals surface area contributed by atoms with Crippen LogP contribution in [-0.4, -0.2) is 43.8 Å². The third kappa shape index (κ3) is 4.13. The van der Waals surface area contributed by atoms with Crippen molar-refractivity contribution in [1.29, 1.82) is 0 Å². The van der Waals surface area contributed by atoms with Crippen LogP contribution in [0.15, 0.2) is 47.4 Å². The highest BCUT2D eigenvalue weighted by molar-refractivity contribution is 5.92. The molecule has 0 bridgehead atoms. The lowest BCUT2D eigenvalue weighted by atomic mass is 10.0. The number of rotatable bonds is 5. The van der Waals surface area contributed by atoms with E-state index < -0.39 is 0 Å². The fourth-order valence-electron chi connectivity index (χ4n) is 4.09. The first-order valence-electron chi connectivity index (χ1n) is 10.9. The van der Waals surface area contributed by atoms with Crippen LogP contribution in [0.25, 0.3) is 16.9 Å². The minimum absolute atomic E-state index is 0. The Kier molecular flexibility index (Phi) is 6.62. The van der Waals surface area contributed by atoms with Crippen molar-refractivity contribution in [2.45, 2.75) is 26.4 Å². The van der Waals surface area contributed by atoms with Gasteiger partial charge in [-0.15, -0.1) is 12.4 Å². The van der Waals surface area contributed by atoms with Crippen molar-refractivity contribution in [3.05, 3.63) is 69.8 Å². The van der Waals surface area contributed by atoms with Gasteiger partial charge in [0, 0.05) is 32.0 Å². The van der Waals surface area contributed by atoms with Gasteiger partial charge in [-0.3, -0.25) is 9.59 Å². The highest BCUT2D eigenvalue weighted by atomic mass is 35.5. The van der Waals surface area contributed by atoms with Gasteiger partial charge in [-0.05, 0) is 55.3 Å².